The number of likely N-dealkylation sites (N-methyl/N-ethyl adjacent to an activating group) is 1. The Labute approximate surface area is 140 Å². The topological polar surface area (TPSA) is 59.0 Å². The Hall–Kier alpha value is -2.76. The fourth-order valence-electron chi connectivity index (χ4n) is 2.42. The Morgan fingerprint density at radius 1 is 1.25 bits per heavy atom. The lowest BCUT2D eigenvalue weighted by Crippen LogP contribution is -2.29. The fraction of sp³-hybridized carbons (Fsp3) is 0.278. The van der Waals surface area contributed by atoms with Crippen molar-refractivity contribution in [3.63, 3.8) is 0 Å². The van der Waals surface area contributed by atoms with E-state index in [2.05, 4.69) is 0 Å². The van der Waals surface area contributed by atoms with E-state index >= 15 is 0 Å². The summed E-state index contributed by atoms with van der Waals surface area (Å²) in [6.45, 7) is 2.22. The molecule has 1 aliphatic carbocycles. The average Bonchev–Trinajstić information content (AvgIpc) is 2.79. The number of rotatable bonds is 5. The molecule has 0 aliphatic heterocycles. The van der Waals surface area contributed by atoms with Crippen LogP contribution in [0.5, 0.6) is 5.75 Å². The van der Waals surface area contributed by atoms with Gasteiger partial charge in [0.1, 0.15) is 0 Å². The highest BCUT2D eigenvalue weighted by Crippen LogP contribution is 2.24. The monoisotopic (exact) mass is 333 g/mol. The predicted octanol–water partition coefficient (Wildman–Crippen LogP) is 3.34. The van der Waals surface area contributed by atoms with Gasteiger partial charge in [-0.1, -0.05) is 6.08 Å². The number of allylic oxidation sites excluding steroid dienone is 3. The lowest BCUT2D eigenvalue weighted by atomic mass is 10.1. The number of ether oxygens (including phenoxy) is 2. The van der Waals surface area contributed by atoms with E-state index in [0.717, 1.165) is 6.07 Å². The molecule has 2 rings (SSSR count). The summed E-state index contributed by atoms with van der Waals surface area (Å²) in [6, 6.07) is 3.58. The lowest BCUT2D eigenvalue weighted by Gasteiger charge is -2.22. The van der Waals surface area contributed by atoms with Crippen molar-refractivity contribution in [2.75, 3.05) is 20.8 Å². The molecular weight excluding hydrogens is 313 g/mol. The van der Waals surface area contributed by atoms with Crippen molar-refractivity contribution in [1.82, 2.24) is 4.90 Å². The number of amides is 1. The first-order valence-electron chi connectivity index (χ1n) is 7.52. The molecule has 0 heterocycles. The summed E-state index contributed by atoms with van der Waals surface area (Å²) >= 11 is 0. The van der Waals surface area contributed by atoms with E-state index in [4.69, 9.17) is 9.47 Å². The minimum Gasteiger partial charge on any atom is -0.505 e. The third-order valence-corrected chi connectivity index (χ3v) is 3.66. The molecule has 1 aliphatic rings. The number of halogens is 1. The van der Waals surface area contributed by atoms with Crippen molar-refractivity contribution >= 4 is 5.91 Å². The summed E-state index contributed by atoms with van der Waals surface area (Å²) in [5.74, 6) is -0.593. The summed E-state index contributed by atoms with van der Waals surface area (Å²) in [5.41, 5.74) is 0.792. The van der Waals surface area contributed by atoms with Gasteiger partial charge in [-0.2, -0.15) is 0 Å². The fourth-order valence-corrected chi connectivity index (χ4v) is 2.42. The summed E-state index contributed by atoms with van der Waals surface area (Å²) in [4.78, 5) is 14.2. The quantitative estimate of drug-likeness (QED) is 0.898. The van der Waals surface area contributed by atoms with Crippen LogP contribution in [0.2, 0.25) is 0 Å². The van der Waals surface area contributed by atoms with Crippen LogP contribution < -0.4 is 0 Å². The lowest BCUT2D eigenvalue weighted by molar-refractivity contribution is 0.0816. The van der Waals surface area contributed by atoms with Gasteiger partial charge in [0.2, 0.25) is 0 Å². The molecule has 0 atom stereocenters. The number of carbonyl (C=O) groups excluding carboxylic acids is 1. The number of aromatic hydroxyl groups is 1. The maximum Gasteiger partial charge on any atom is 0.258 e. The molecule has 0 bridgehead atoms. The van der Waals surface area contributed by atoms with E-state index in [1.54, 1.807) is 13.2 Å². The number of nitrogens with zero attached hydrogens (tertiary/aromatic N) is 1. The number of carbonyl (C=O) groups is 1. The van der Waals surface area contributed by atoms with Crippen LogP contribution in [0.15, 0.2) is 53.6 Å². The van der Waals surface area contributed by atoms with Gasteiger partial charge in [0.25, 0.3) is 5.91 Å². The number of methoxy groups -OCH3 is 2. The number of phenolic OH excluding ortho intramolecular Hbond substituents is 1. The van der Waals surface area contributed by atoms with E-state index in [1.165, 1.54) is 24.1 Å². The van der Waals surface area contributed by atoms with Crippen LogP contribution in [-0.4, -0.2) is 36.7 Å². The molecule has 24 heavy (non-hydrogen) atoms. The zero-order chi connectivity index (χ0) is 17.7. The van der Waals surface area contributed by atoms with Crippen LogP contribution in [0.25, 0.3) is 0 Å². The smallest absolute Gasteiger partial charge is 0.258 e. The molecule has 1 aromatic rings. The van der Waals surface area contributed by atoms with E-state index < -0.39 is 11.6 Å². The number of hydrogen-bond acceptors (Lipinski definition) is 4. The first kappa shape index (κ1) is 17.6. The van der Waals surface area contributed by atoms with Gasteiger partial charge in [0.05, 0.1) is 14.2 Å². The first-order chi connectivity index (χ1) is 11.5. The Bertz CT molecular complexity index is 722. The van der Waals surface area contributed by atoms with Crippen LogP contribution in [0, 0.1) is 5.82 Å². The van der Waals surface area contributed by atoms with Gasteiger partial charge in [-0.15, -0.1) is 0 Å². The van der Waals surface area contributed by atoms with E-state index in [1.807, 2.05) is 19.1 Å². The van der Waals surface area contributed by atoms with Gasteiger partial charge < -0.3 is 19.5 Å². The number of benzene rings is 1. The number of phenols is 1. The summed E-state index contributed by atoms with van der Waals surface area (Å²) < 4.78 is 24.1. The van der Waals surface area contributed by atoms with Crippen LogP contribution in [0.4, 0.5) is 4.39 Å². The second kappa shape index (κ2) is 7.68. The number of hydrogen-bond donors (Lipinski definition) is 1. The minimum absolute atomic E-state index is 0.157. The molecule has 0 fully saturated rings. The van der Waals surface area contributed by atoms with Crippen molar-refractivity contribution in [2.45, 2.75) is 13.3 Å². The molecule has 128 valence electrons. The van der Waals surface area contributed by atoms with Crippen molar-refractivity contribution < 1.29 is 23.8 Å². The van der Waals surface area contributed by atoms with Gasteiger partial charge in [-0.3, -0.25) is 4.79 Å². The highest BCUT2D eigenvalue weighted by molar-refractivity contribution is 5.95. The molecule has 1 N–H and O–H groups in total. The Morgan fingerprint density at radius 3 is 2.54 bits per heavy atom. The molecule has 5 nitrogen and oxygen atoms in total. The van der Waals surface area contributed by atoms with Crippen molar-refractivity contribution in [3.8, 4) is 5.75 Å². The zero-order valence-corrected chi connectivity index (χ0v) is 13.9. The van der Waals surface area contributed by atoms with Crippen LogP contribution in [0.1, 0.15) is 23.7 Å². The normalized spacial score (nSPS) is 14.1. The van der Waals surface area contributed by atoms with Gasteiger partial charge in [-0.05, 0) is 37.6 Å². The second-order valence-electron chi connectivity index (χ2n) is 5.07. The summed E-state index contributed by atoms with van der Waals surface area (Å²) in [7, 11) is 3.07. The third kappa shape index (κ3) is 3.59. The maximum absolute atomic E-state index is 13.5. The Balaban J connectivity index is 2.35. The standard InChI is InChI=1S/C18H20FNO4/c1-4-20(18(22)12-8-9-15(21)14(19)10-12)13-6-5-7-16(23-2)17(11-13)24-3/h6-11,21H,4-5H2,1-3H3. The SMILES string of the molecule is CCN(C(=O)c1ccc(O)c(F)c1)C1=CCC=C(OC)C(OC)=C1. The highest BCUT2D eigenvalue weighted by atomic mass is 19.1. The summed E-state index contributed by atoms with van der Waals surface area (Å²) in [5, 5.41) is 9.27. The van der Waals surface area contributed by atoms with Crippen molar-refractivity contribution in [1.29, 1.82) is 0 Å². The molecular formula is C18H20FNO4. The van der Waals surface area contributed by atoms with Crippen LogP contribution in [0.3, 0.4) is 0 Å². The summed E-state index contributed by atoms with van der Waals surface area (Å²) in [6.07, 6.45) is 5.99. The molecule has 0 saturated carbocycles. The average molecular weight is 333 g/mol. The second-order valence-corrected chi connectivity index (χ2v) is 5.07. The van der Waals surface area contributed by atoms with Gasteiger partial charge in [-0.25, -0.2) is 4.39 Å². The molecule has 0 aromatic heterocycles. The first-order valence-corrected chi connectivity index (χ1v) is 7.52. The third-order valence-electron chi connectivity index (χ3n) is 3.66. The van der Waals surface area contributed by atoms with Crippen molar-refractivity contribution in [2.24, 2.45) is 0 Å². The van der Waals surface area contributed by atoms with Gasteiger partial charge in [0.15, 0.2) is 23.1 Å². The largest absolute Gasteiger partial charge is 0.505 e. The Kier molecular flexibility index (Phi) is 5.63. The molecule has 0 radical (unpaired) electrons. The molecule has 1 amide bonds. The van der Waals surface area contributed by atoms with E-state index in [9.17, 15) is 14.3 Å². The maximum atomic E-state index is 13.5. The highest BCUT2D eigenvalue weighted by Gasteiger charge is 2.21. The molecule has 0 unspecified atom stereocenters. The molecule has 0 saturated heterocycles. The van der Waals surface area contributed by atoms with Crippen molar-refractivity contribution in [3.05, 3.63) is 65.0 Å². The zero-order valence-electron chi connectivity index (χ0n) is 13.9. The van der Waals surface area contributed by atoms with Gasteiger partial charge >= 0.3 is 0 Å². The molecule has 1 aromatic carbocycles. The van der Waals surface area contributed by atoms with Crippen LogP contribution >= 0.6 is 0 Å². The minimum atomic E-state index is -0.830. The van der Waals surface area contributed by atoms with Crippen LogP contribution in [-0.2, 0) is 9.47 Å². The van der Waals surface area contributed by atoms with E-state index in [0.29, 0.717) is 30.2 Å². The molecule has 6 heteroatoms. The predicted molar refractivity (Wildman–Crippen MR) is 87.7 cm³/mol. The molecule has 0 spiro atoms. The van der Waals surface area contributed by atoms with E-state index in [-0.39, 0.29) is 11.5 Å². The Morgan fingerprint density at radius 2 is 1.96 bits per heavy atom. The van der Waals surface area contributed by atoms with Gasteiger partial charge in [0, 0.05) is 23.9 Å².